The first kappa shape index (κ1) is 21.4. The maximum absolute atomic E-state index is 13.9. The minimum Gasteiger partial charge on any atom is -0.407 e. The van der Waals surface area contributed by atoms with Crippen LogP contribution >= 0.6 is 0 Å². The molecule has 0 amide bonds. The van der Waals surface area contributed by atoms with Gasteiger partial charge in [-0.1, -0.05) is 87.5 Å². The smallest absolute Gasteiger partial charge is 0.407 e. The number of halogens is 3. The van der Waals surface area contributed by atoms with E-state index in [-0.39, 0.29) is 5.19 Å². The van der Waals surface area contributed by atoms with Crippen LogP contribution in [0.1, 0.15) is 39.7 Å². The van der Waals surface area contributed by atoms with Gasteiger partial charge in [0.15, 0.2) is 0 Å². The van der Waals surface area contributed by atoms with Crippen LogP contribution in [0.3, 0.4) is 0 Å². The maximum atomic E-state index is 13.9. The fourth-order valence-electron chi connectivity index (χ4n) is 3.53. The van der Waals surface area contributed by atoms with Crippen molar-refractivity contribution < 1.29 is 17.6 Å². The third-order valence-electron chi connectivity index (χ3n) is 4.69. The molecule has 0 saturated heterocycles. The second kappa shape index (κ2) is 8.44. The SMILES string of the molecule is C/C=C\CCO[Si](c1ccccc1)(c1ccccc1C(F)(F)F)C(C)(C)C. The molecule has 2 aromatic rings. The van der Waals surface area contributed by atoms with Gasteiger partial charge < -0.3 is 4.43 Å². The molecule has 2 rings (SSSR count). The van der Waals surface area contributed by atoms with E-state index < -0.39 is 25.1 Å². The largest absolute Gasteiger partial charge is 0.416 e. The Hall–Kier alpha value is -1.85. The fraction of sp³-hybridized carbons (Fsp3) is 0.364. The summed E-state index contributed by atoms with van der Waals surface area (Å²) in [6.45, 7) is 8.25. The Bertz CT molecular complexity index is 763. The van der Waals surface area contributed by atoms with Gasteiger partial charge in [0.25, 0.3) is 8.32 Å². The first-order chi connectivity index (χ1) is 12.6. The molecule has 27 heavy (non-hydrogen) atoms. The van der Waals surface area contributed by atoms with Crippen molar-refractivity contribution in [1.82, 2.24) is 0 Å². The molecule has 0 fully saturated rings. The first-order valence-corrected chi connectivity index (χ1v) is 11.0. The predicted octanol–water partition coefficient (Wildman–Crippen LogP) is 5.55. The molecule has 0 spiro atoms. The first-order valence-electron chi connectivity index (χ1n) is 9.12. The molecule has 0 N–H and O–H groups in total. The molecule has 0 radical (unpaired) electrons. The van der Waals surface area contributed by atoms with E-state index in [0.29, 0.717) is 13.0 Å². The Morgan fingerprint density at radius 1 is 0.926 bits per heavy atom. The topological polar surface area (TPSA) is 9.23 Å². The number of alkyl halides is 3. The maximum Gasteiger partial charge on any atom is 0.416 e. The number of hydrogen-bond acceptors (Lipinski definition) is 1. The summed E-state index contributed by atoms with van der Waals surface area (Å²) >= 11 is 0. The van der Waals surface area contributed by atoms with Crippen molar-refractivity contribution in [1.29, 1.82) is 0 Å². The molecule has 0 heterocycles. The molecule has 0 aliphatic carbocycles. The average molecular weight is 393 g/mol. The van der Waals surface area contributed by atoms with Gasteiger partial charge in [-0.3, -0.25) is 0 Å². The number of hydrogen-bond donors (Lipinski definition) is 0. The monoisotopic (exact) mass is 392 g/mol. The summed E-state index contributed by atoms with van der Waals surface area (Å²) in [4.78, 5) is 0. The fourth-order valence-corrected chi connectivity index (χ4v) is 8.29. The Labute approximate surface area is 161 Å². The summed E-state index contributed by atoms with van der Waals surface area (Å²) in [5.74, 6) is 0. The van der Waals surface area contributed by atoms with E-state index in [0.717, 1.165) is 5.19 Å². The van der Waals surface area contributed by atoms with Crippen LogP contribution in [0, 0.1) is 0 Å². The van der Waals surface area contributed by atoms with Crippen LogP contribution in [0.25, 0.3) is 0 Å². The molecule has 1 atom stereocenters. The second-order valence-corrected chi connectivity index (χ2v) is 11.8. The standard InChI is InChI=1S/C22H27F3OSi/c1-5-6-12-17-26-27(21(2,3)4,18-13-8-7-9-14-18)20-16-11-10-15-19(20)22(23,24)25/h5-11,13-16H,12,17H2,1-4H3/b6-5-. The van der Waals surface area contributed by atoms with Gasteiger partial charge in [-0.2, -0.15) is 13.2 Å². The van der Waals surface area contributed by atoms with Crippen molar-refractivity contribution in [2.45, 2.75) is 45.3 Å². The summed E-state index contributed by atoms with van der Waals surface area (Å²) in [6.07, 6.45) is 0.141. The van der Waals surface area contributed by atoms with Crippen LogP contribution in [0.15, 0.2) is 66.7 Å². The molecule has 1 unspecified atom stereocenters. The summed E-state index contributed by atoms with van der Waals surface area (Å²) in [7, 11) is -3.21. The summed E-state index contributed by atoms with van der Waals surface area (Å²) < 4.78 is 48.1. The molecule has 2 aromatic carbocycles. The zero-order valence-corrected chi connectivity index (χ0v) is 17.3. The van der Waals surface area contributed by atoms with Gasteiger partial charge in [0.1, 0.15) is 0 Å². The van der Waals surface area contributed by atoms with E-state index in [1.54, 1.807) is 12.1 Å². The van der Waals surface area contributed by atoms with Crippen molar-refractivity contribution in [3.8, 4) is 0 Å². The van der Waals surface area contributed by atoms with Crippen molar-refractivity contribution >= 4 is 18.7 Å². The number of rotatable bonds is 6. The highest BCUT2D eigenvalue weighted by Gasteiger charge is 2.53. The third kappa shape index (κ3) is 4.53. The van der Waals surface area contributed by atoms with Gasteiger partial charge in [-0.05, 0) is 28.8 Å². The van der Waals surface area contributed by atoms with Crippen LogP contribution in [-0.2, 0) is 10.6 Å². The Morgan fingerprint density at radius 3 is 2.07 bits per heavy atom. The van der Waals surface area contributed by atoms with Gasteiger partial charge in [0.2, 0.25) is 0 Å². The normalized spacial score (nSPS) is 15.1. The highest BCUT2D eigenvalue weighted by atomic mass is 28.4. The van der Waals surface area contributed by atoms with E-state index in [4.69, 9.17) is 4.43 Å². The summed E-state index contributed by atoms with van der Waals surface area (Å²) in [5.41, 5.74) is -0.596. The van der Waals surface area contributed by atoms with Crippen LogP contribution in [0.5, 0.6) is 0 Å². The number of allylic oxidation sites excluding steroid dienone is 1. The van der Waals surface area contributed by atoms with Crippen molar-refractivity contribution in [3.05, 3.63) is 72.3 Å². The molecular formula is C22H27F3OSi. The molecule has 146 valence electrons. The van der Waals surface area contributed by atoms with Crippen LogP contribution in [-0.4, -0.2) is 14.9 Å². The van der Waals surface area contributed by atoms with Crippen LogP contribution in [0.2, 0.25) is 5.04 Å². The minimum atomic E-state index is -4.43. The van der Waals surface area contributed by atoms with Gasteiger partial charge in [-0.25, -0.2) is 0 Å². The Balaban J connectivity index is 2.76. The van der Waals surface area contributed by atoms with E-state index >= 15 is 0 Å². The Kier molecular flexibility index (Phi) is 6.71. The number of benzene rings is 2. The summed E-state index contributed by atoms with van der Waals surface area (Å²) in [5, 5.41) is 0.664. The molecule has 0 aromatic heterocycles. The zero-order chi connectivity index (χ0) is 20.1. The lowest BCUT2D eigenvalue weighted by molar-refractivity contribution is -0.136. The van der Waals surface area contributed by atoms with E-state index in [9.17, 15) is 13.2 Å². The minimum absolute atomic E-state index is 0.289. The molecule has 0 aliphatic rings. The molecule has 0 saturated carbocycles. The molecule has 0 bridgehead atoms. The average Bonchev–Trinajstić information content (AvgIpc) is 2.61. The lowest BCUT2D eigenvalue weighted by Gasteiger charge is -2.44. The van der Waals surface area contributed by atoms with E-state index in [1.807, 2.05) is 70.2 Å². The van der Waals surface area contributed by atoms with Crippen molar-refractivity contribution in [2.75, 3.05) is 6.61 Å². The zero-order valence-electron chi connectivity index (χ0n) is 16.3. The lowest BCUT2D eigenvalue weighted by atomic mass is 10.2. The van der Waals surface area contributed by atoms with Gasteiger partial charge >= 0.3 is 6.18 Å². The van der Waals surface area contributed by atoms with Crippen LogP contribution in [0.4, 0.5) is 13.2 Å². The second-order valence-electron chi connectivity index (χ2n) is 7.55. The van der Waals surface area contributed by atoms with Crippen molar-refractivity contribution in [2.24, 2.45) is 0 Å². The van der Waals surface area contributed by atoms with Gasteiger partial charge in [0, 0.05) is 6.61 Å². The van der Waals surface area contributed by atoms with Gasteiger partial charge in [0.05, 0.1) is 5.56 Å². The molecule has 0 aliphatic heterocycles. The molecule has 5 heteroatoms. The van der Waals surface area contributed by atoms with E-state index in [1.165, 1.54) is 12.1 Å². The van der Waals surface area contributed by atoms with Crippen molar-refractivity contribution in [3.63, 3.8) is 0 Å². The quantitative estimate of drug-likeness (QED) is 0.356. The highest BCUT2D eigenvalue weighted by Crippen LogP contribution is 2.39. The highest BCUT2D eigenvalue weighted by molar-refractivity contribution is 6.99. The predicted molar refractivity (Wildman–Crippen MR) is 108 cm³/mol. The third-order valence-corrected chi connectivity index (χ3v) is 9.78. The molecular weight excluding hydrogens is 365 g/mol. The lowest BCUT2D eigenvalue weighted by Crippen LogP contribution is -2.68. The van der Waals surface area contributed by atoms with Gasteiger partial charge in [-0.15, -0.1) is 0 Å². The summed E-state index contributed by atoms with van der Waals surface area (Å²) in [6, 6.07) is 15.3. The van der Waals surface area contributed by atoms with E-state index in [2.05, 4.69) is 0 Å². The van der Waals surface area contributed by atoms with Crippen LogP contribution < -0.4 is 10.4 Å². The Morgan fingerprint density at radius 2 is 1.52 bits per heavy atom. The molecule has 1 nitrogen and oxygen atoms in total.